The molecule has 2 aromatic carbocycles. The smallest absolute Gasteiger partial charge is 0.125 e. The summed E-state index contributed by atoms with van der Waals surface area (Å²) in [5.74, 6) is 0.698. The maximum atomic E-state index is 12.9. The van der Waals surface area contributed by atoms with Gasteiger partial charge in [-0.25, -0.2) is 4.39 Å². The van der Waals surface area contributed by atoms with Crippen molar-refractivity contribution in [2.45, 2.75) is 4.90 Å². The Bertz CT molecular complexity index is 501. The molecule has 0 fully saturated rings. The van der Waals surface area contributed by atoms with E-state index in [1.807, 2.05) is 30.3 Å². The molecule has 0 heterocycles. The summed E-state index contributed by atoms with van der Waals surface area (Å²) in [5, 5.41) is 3.93. The third-order valence-electron chi connectivity index (χ3n) is 2.34. The van der Waals surface area contributed by atoms with E-state index >= 15 is 0 Å². The van der Waals surface area contributed by atoms with E-state index in [-0.39, 0.29) is 5.82 Å². The Morgan fingerprint density at radius 1 is 1.11 bits per heavy atom. The number of nitrogens with one attached hydrogen (secondary N) is 1. The Kier molecular flexibility index (Phi) is 4.90. The molecular weight excluding hydrogens is 269 g/mol. The Morgan fingerprint density at radius 3 is 2.61 bits per heavy atom. The quantitative estimate of drug-likeness (QED) is 0.631. The summed E-state index contributed by atoms with van der Waals surface area (Å²) in [7, 11) is 0. The van der Waals surface area contributed by atoms with Crippen molar-refractivity contribution in [1.82, 2.24) is 0 Å². The molecule has 94 valence electrons. The van der Waals surface area contributed by atoms with Crippen LogP contribution in [0, 0.1) is 5.82 Å². The Balaban J connectivity index is 1.74. The third-order valence-corrected chi connectivity index (χ3v) is 3.60. The van der Waals surface area contributed by atoms with Crippen LogP contribution in [0.1, 0.15) is 0 Å². The maximum Gasteiger partial charge on any atom is 0.125 e. The number of anilines is 1. The zero-order valence-corrected chi connectivity index (χ0v) is 11.3. The molecule has 4 heteroatoms. The van der Waals surface area contributed by atoms with Crippen LogP contribution in [0.4, 0.5) is 10.1 Å². The number of benzene rings is 2. The van der Waals surface area contributed by atoms with Crippen molar-refractivity contribution in [1.29, 1.82) is 0 Å². The van der Waals surface area contributed by atoms with Crippen LogP contribution in [0.3, 0.4) is 0 Å². The average Bonchev–Trinajstić information content (AvgIpc) is 2.37. The highest BCUT2D eigenvalue weighted by Crippen LogP contribution is 2.20. The van der Waals surface area contributed by atoms with Crippen LogP contribution in [0.15, 0.2) is 53.4 Å². The van der Waals surface area contributed by atoms with E-state index in [0.717, 1.165) is 23.0 Å². The maximum absolute atomic E-state index is 12.9. The summed E-state index contributed by atoms with van der Waals surface area (Å²) in [6, 6.07) is 14.2. The van der Waals surface area contributed by atoms with Gasteiger partial charge in [0.15, 0.2) is 0 Å². The van der Waals surface area contributed by atoms with Gasteiger partial charge in [-0.05, 0) is 42.5 Å². The molecule has 0 bridgehead atoms. The number of hydrogen-bond acceptors (Lipinski definition) is 2. The molecule has 0 saturated carbocycles. The van der Waals surface area contributed by atoms with Crippen molar-refractivity contribution in [2.75, 3.05) is 17.6 Å². The molecule has 0 saturated heterocycles. The van der Waals surface area contributed by atoms with Gasteiger partial charge in [-0.2, -0.15) is 0 Å². The van der Waals surface area contributed by atoms with Gasteiger partial charge in [0.1, 0.15) is 5.82 Å². The molecule has 2 aromatic rings. The van der Waals surface area contributed by atoms with Gasteiger partial charge in [-0.1, -0.05) is 17.7 Å². The second-order valence-corrected chi connectivity index (χ2v) is 5.34. The lowest BCUT2D eigenvalue weighted by Crippen LogP contribution is -2.03. The molecule has 1 N–H and O–H groups in total. The van der Waals surface area contributed by atoms with Crippen LogP contribution in [0.5, 0.6) is 0 Å². The minimum absolute atomic E-state index is 0.217. The standard InChI is InChI=1S/C14H13ClFNS/c15-11-4-6-14(7-5-11)18-9-8-17-13-3-1-2-12(16)10-13/h1-7,10,17H,8-9H2. The first kappa shape index (κ1) is 13.2. The Labute approximate surface area is 115 Å². The lowest BCUT2D eigenvalue weighted by Gasteiger charge is -2.06. The number of halogens is 2. The van der Waals surface area contributed by atoms with Crippen LogP contribution < -0.4 is 5.32 Å². The van der Waals surface area contributed by atoms with Crippen molar-refractivity contribution < 1.29 is 4.39 Å². The van der Waals surface area contributed by atoms with Crippen LogP contribution in [0.25, 0.3) is 0 Å². The molecule has 0 unspecified atom stereocenters. The van der Waals surface area contributed by atoms with Gasteiger partial charge in [0.05, 0.1) is 0 Å². The molecule has 0 aliphatic carbocycles. The van der Waals surface area contributed by atoms with Gasteiger partial charge in [0.25, 0.3) is 0 Å². The molecule has 0 amide bonds. The fourth-order valence-corrected chi connectivity index (χ4v) is 2.39. The zero-order chi connectivity index (χ0) is 12.8. The molecule has 0 spiro atoms. The molecule has 18 heavy (non-hydrogen) atoms. The fourth-order valence-electron chi connectivity index (χ4n) is 1.49. The molecule has 0 aliphatic heterocycles. The van der Waals surface area contributed by atoms with Crippen molar-refractivity contribution in [3.8, 4) is 0 Å². The highest BCUT2D eigenvalue weighted by molar-refractivity contribution is 7.99. The van der Waals surface area contributed by atoms with Crippen molar-refractivity contribution >= 4 is 29.1 Å². The summed E-state index contributed by atoms with van der Waals surface area (Å²) >= 11 is 7.55. The summed E-state index contributed by atoms with van der Waals surface area (Å²) in [6.07, 6.45) is 0. The average molecular weight is 282 g/mol. The topological polar surface area (TPSA) is 12.0 Å². The van der Waals surface area contributed by atoms with Gasteiger partial charge in [0.2, 0.25) is 0 Å². The molecule has 0 atom stereocenters. The van der Waals surface area contributed by atoms with E-state index in [4.69, 9.17) is 11.6 Å². The number of thioether (sulfide) groups is 1. The largest absolute Gasteiger partial charge is 0.384 e. The highest BCUT2D eigenvalue weighted by atomic mass is 35.5. The van der Waals surface area contributed by atoms with E-state index in [1.54, 1.807) is 17.8 Å². The normalized spacial score (nSPS) is 10.3. The molecule has 0 radical (unpaired) electrons. The first-order valence-corrected chi connectivity index (χ1v) is 6.98. The fraction of sp³-hybridized carbons (Fsp3) is 0.143. The Hall–Kier alpha value is -1.19. The van der Waals surface area contributed by atoms with Crippen LogP contribution in [0.2, 0.25) is 5.02 Å². The molecule has 2 rings (SSSR count). The minimum Gasteiger partial charge on any atom is -0.384 e. The van der Waals surface area contributed by atoms with Crippen LogP contribution in [-0.4, -0.2) is 12.3 Å². The molecular formula is C14H13ClFNS. The zero-order valence-electron chi connectivity index (χ0n) is 9.70. The van der Waals surface area contributed by atoms with Crippen LogP contribution >= 0.6 is 23.4 Å². The summed E-state index contributed by atoms with van der Waals surface area (Å²) in [5.41, 5.74) is 0.812. The second kappa shape index (κ2) is 6.66. The van der Waals surface area contributed by atoms with E-state index in [0.29, 0.717) is 0 Å². The first-order chi connectivity index (χ1) is 8.74. The van der Waals surface area contributed by atoms with Crippen molar-refractivity contribution in [3.63, 3.8) is 0 Å². The molecule has 1 nitrogen and oxygen atoms in total. The SMILES string of the molecule is Fc1cccc(NCCSc2ccc(Cl)cc2)c1. The first-order valence-electron chi connectivity index (χ1n) is 5.62. The predicted molar refractivity (Wildman–Crippen MR) is 77.1 cm³/mol. The summed E-state index contributed by atoms with van der Waals surface area (Å²) in [4.78, 5) is 1.18. The van der Waals surface area contributed by atoms with Gasteiger partial charge >= 0.3 is 0 Å². The van der Waals surface area contributed by atoms with Crippen LogP contribution in [-0.2, 0) is 0 Å². The summed E-state index contributed by atoms with van der Waals surface area (Å²) in [6.45, 7) is 0.788. The second-order valence-electron chi connectivity index (χ2n) is 3.74. The minimum atomic E-state index is -0.217. The monoisotopic (exact) mass is 281 g/mol. The van der Waals surface area contributed by atoms with Crippen molar-refractivity contribution in [3.05, 3.63) is 59.4 Å². The van der Waals surface area contributed by atoms with Crippen molar-refractivity contribution in [2.24, 2.45) is 0 Å². The molecule has 0 aliphatic rings. The van der Waals surface area contributed by atoms with E-state index in [1.165, 1.54) is 17.0 Å². The lowest BCUT2D eigenvalue weighted by molar-refractivity contribution is 0.628. The van der Waals surface area contributed by atoms with Gasteiger partial charge in [0, 0.05) is 27.9 Å². The predicted octanol–water partition coefficient (Wildman–Crippen LogP) is 4.68. The number of rotatable bonds is 5. The summed E-state index contributed by atoms with van der Waals surface area (Å²) < 4.78 is 12.9. The van der Waals surface area contributed by atoms with E-state index in [2.05, 4.69) is 5.32 Å². The van der Waals surface area contributed by atoms with Gasteiger partial charge in [-0.3, -0.25) is 0 Å². The van der Waals surface area contributed by atoms with Gasteiger partial charge < -0.3 is 5.32 Å². The lowest BCUT2D eigenvalue weighted by atomic mass is 10.3. The highest BCUT2D eigenvalue weighted by Gasteiger charge is 1.96. The third kappa shape index (κ3) is 4.24. The van der Waals surface area contributed by atoms with Gasteiger partial charge in [-0.15, -0.1) is 11.8 Å². The van der Waals surface area contributed by atoms with E-state index in [9.17, 15) is 4.39 Å². The Morgan fingerprint density at radius 2 is 1.89 bits per heavy atom. The number of hydrogen-bond donors (Lipinski definition) is 1. The van der Waals surface area contributed by atoms with E-state index < -0.39 is 0 Å². The molecule has 0 aromatic heterocycles.